The van der Waals surface area contributed by atoms with Crippen molar-refractivity contribution in [2.45, 2.75) is 19.3 Å². The van der Waals surface area contributed by atoms with E-state index < -0.39 is 0 Å². The third-order valence-electron chi connectivity index (χ3n) is 7.35. The van der Waals surface area contributed by atoms with Gasteiger partial charge in [0.1, 0.15) is 7.85 Å². The molecule has 0 spiro atoms. The number of para-hydroxylation sites is 1. The Balaban J connectivity index is 1.46. The zero-order valence-corrected chi connectivity index (χ0v) is 20.5. The van der Waals surface area contributed by atoms with Crippen LogP contribution in [0.1, 0.15) is 25.0 Å². The van der Waals surface area contributed by atoms with Gasteiger partial charge in [-0.2, -0.15) is 0 Å². The van der Waals surface area contributed by atoms with Gasteiger partial charge in [-0.25, -0.2) is 0 Å². The first-order chi connectivity index (χ1) is 17.0. The lowest BCUT2D eigenvalue weighted by Crippen LogP contribution is -2.14. The van der Waals surface area contributed by atoms with Crippen molar-refractivity contribution in [1.29, 1.82) is 0 Å². The van der Waals surface area contributed by atoms with E-state index in [-0.39, 0.29) is 5.41 Å². The lowest BCUT2D eigenvalue weighted by Gasteiger charge is -2.26. The van der Waals surface area contributed by atoms with Gasteiger partial charge in [0.15, 0.2) is 0 Å². The van der Waals surface area contributed by atoms with Crippen LogP contribution in [-0.4, -0.2) is 7.85 Å². The van der Waals surface area contributed by atoms with E-state index in [9.17, 15) is 0 Å². The molecule has 168 valence electrons. The fourth-order valence-electron chi connectivity index (χ4n) is 5.50. The summed E-state index contributed by atoms with van der Waals surface area (Å²) in [5.41, 5.74) is 12.8. The fourth-order valence-corrected chi connectivity index (χ4v) is 5.50. The van der Waals surface area contributed by atoms with Gasteiger partial charge in [0, 0.05) is 22.5 Å². The molecule has 1 aliphatic carbocycles. The van der Waals surface area contributed by atoms with Gasteiger partial charge in [0.05, 0.1) is 0 Å². The molecule has 0 fully saturated rings. The van der Waals surface area contributed by atoms with Crippen LogP contribution in [0.3, 0.4) is 0 Å². The highest BCUT2D eigenvalue weighted by Gasteiger charge is 2.36. The van der Waals surface area contributed by atoms with Crippen LogP contribution in [-0.2, 0) is 5.41 Å². The normalized spacial score (nSPS) is 13.2. The average molecular weight is 449 g/mol. The molecule has 1 nitrogen and oxygen atoms in total. The summed E-state index contributed by atoms with van der Waals surface area (Å²) in [6.45, 7) is 4.67. The molecule has 0 saturated heterocycles. The molecule has 1 aliphatic rings. The molecule has 2 heteroatoms. The predicted octanol–water partition coefficient (Wildman–Crippen LogP) is 7.39. The summed E-state index contributed by atoms with van der Waals surface area (Å²) in [7, 11) is 2.13. The van der Waals surface area contributed by atoms with Crippen LogP contribution in [0.5, 0.6) is 0 Å². The molecule has 0 amide bonds. The lowest BCUT2D eigenvalue weighted by atomic mass is 9.82. The first-order valence-electron chi connectivity index (χ1n) is 12.3. The summed E-state index contributed by atoms with van der Waals surface area (Å²) in [5, 5.41) is 0. The summed E-state index contributed by atoms with van der Waals surface area (Å²) in [6.07, 6.45) is 0. The molecule has 0 bridgehead atoms. The number of anilines is 3. The minimum atomic E-state index is 0.0113. The number of hydrogen-bond acceptors (Lipinski definition) is 1. The largest absolute Gasteiger partial charge is 0.311 e. The first-order valence-corrected chi connectivity index (χ1v) is 12.3. The zero-order valence-electron chi connectivity index (χ0n) is 20.5. The van der Waals surface area contributed by atoms with Crippen molar-refractivity contribution in [2.75, 3.05) is 4.90 Å². The van der Waals surface area contributed by atoms with E-state index in [1.165, 1.54) is 38.8 Å². The third kappa shape index (κ3) is 3.57. The van der Waals surface area contributed by atoms with Gasteiger partial charge >= 0.3 is 0 Å². The Morgan fingerprint density at radius 3 is 1.77 bits per heavy atom. The summed E-state index contributed by atoms with van der Waals surface area (Å²) in [5.74, 6) is 0. The summed E-state index contributed by atoms with van der Waals surface area (Å²) in [4.78, 5) is 2.32. The molecule has 5 aromatic carbocycles. The van der Waals surface area contributed by atoms with Gasteiger partial charge in [-0.3, -0.25) is 0 Å². The van der Waals surface area contributed by atoms with Crippen molar-refractivity contribution in [3.63, 3.8) is 0 Å². The van der Waals surface area contributed by atoms with Crippen molar-refractivity contribution in [1.82, 2.24) is 0 Å². The molecule has 0 atom stereocenters. The molecule has 0 aliphatic heterocycles. The van der Waals surface area contributed by atoms with Crippen LogP contribution in [0.4, 0.5) is 17.1 Å². The Morgan fingerprint density at radius 1 is 0.514 bits per heavy atom. The number of nitrogens with zero attached hydrogens (tertiary/aromatic N) is 1. The van der Waals surface area contributed by atoms with Gasteiger partial charge in [0.2, 0.25) is 0 Å². The Labute approximate surface area is 209 Å². The maximum absolute atomic E-state index is 2.34. The second-order valence-electron chi connectivity index (χ2n) is 9.95. The molecule has 0 heterocycles. The molecule has 0 saturated carbocycles. The number of hydrogen-bond donors (Lipinski definition) is 0. The highest BCUT2D eigenvalue weighted by molar-refractivity contribution is 6.32. The molecule has 0 radical (unpaired) electrons. The van der Waals surface area contributed by atoms with Gasteiger partial charge in [-0.05, 0) is 69.8 Å². The molecule has 0 aromatic heterocycles. The van der Waals surface area contributed by atoms with Crippen molar-refractivity contribution < 1.29 is 0 Å². The van der Waals surface area contributed by atoms with Gasteiger partial charge < -0.3 is 4.90 Å². The summed E-state index contributed by atoms with van der Waals surface area (Å²) < 4.78 is 0. The van der Waals surface area contributed by atoms with E-state index in [0.717, 1.165) is 17.1 Å². The maximum Gasteiger partial charge on any atom is 0.139 e. The van der Waals surface area contributed by atoms with Crippen LogP contribution < -0.4 is 10.4 Å². The van der Waals surface area contributed by atoms with Crippen LogP contribution in [0, 0.1) is 0 Å². The molecule has 0 unspecified atom stereocenters. The highest BCUT2D eigenvalue weighted by Crippen LogP contribution is 2.52. The second-order valence-corrected chi connectivity index (χ2v) is 9.95. The van der Waals surface area contributed by atoms with E-state index in [1.54, 1.807) is 0 Å². The smallest absolute Gasteiger partial charge is 0.139 e. The van der Waals surface area contributed by atoms with E-state index >= 15 is 0 Å². The highest BCUT2D eigenvalue weighted by atomic mass is 15.1. The van der Waals surface area contributed by atoms with Crippen molar-refractivity contribution in [2.24, 2.45) is 0 Å². The standard InChI is InChI=1S/C33H28BN/c1-33(2)30-13-7-6-11-29(30)32-28(12-8-14-31(32)33)23-15-19-26(20-16-23)35(25-9-4-3-5-10-25)27-21-17-24(34)18-22-27/h3-22H,34H2,1-2H3. The van der Waals surface area contributed by atoms with Crippen LogP contribution in [0.15, 0.2) is 121 Å². The topological polar surface area (TPSA) is 3.24 Å². The van der Waals surface area contributed by atoms with E-state index in [2.05, 4.69) is 148 Å². The van der Waals surface area contributed by atoms with Crippen LogP contribution in [0.2, 0.25) is 0 Å². The quantitative estimate of drug-likeness (QED) is 0.259. The molecule has 6 rings (SSSR count). The Kier molecular flexibility index (Phi) is 5.11. The lowest BCUT2D eigenvalue weighted by molar-refractivity contribution is 0.660. The number of fused-ring (bicyclic) bond motifs is 3. The van der Waals surface area contributed by atoms with Crippen molar-refractivity contribution >= 4 is 30.4 Å². The second kappa shape index (κ2) is 8.32. The summed E-state index contributed by atoms with van der Waals surface area (Å²) in [6, 6.07) is 44.0. The monoisotopic (exact) mass is 449 g/mol. The minimum Gasteiger partial charge on any atom is -0.311 e. The maximum atomic E-state index is 2.34. The molecule has 0 N–H and O–H groups in total. The number of benzene rings is 5. The van der Waals surface area contributed by atoms with E-state index in [4.69, 9.17) is 0 Å². The summed E-state index contributed by atoms with van der Waals surface area (Å²) >= 11 is 0. The molecule has 35 heavy (non-hydrogen) atoms. The van der Waals surface area contributed by atoms with Crippen LogP contribution >= 0.6 is 0 Å². The number of rotatable bonds is 4. The van der Waals surface area contributed by atoms with Crippen molar-refractivity contribution in [3.05, 3.63) is 132 Å². The molecular formula is C33H28BN. The van der Waals surface area contributed by atoms with E-state index in [0.29, 0.717) is 0 Å². The van der Waals surface area contributed by atoms with Crippen LogP contribution in [0.25, 0.3) is 22.3 Å². The van der Waals surface area contributed by atoms with Gasteiger partial charge in [-0.15, -0.1) is 0 Å². The fraction of sp³-hybridized carbons (Fsp3) is 0.0909. The Morgan fingerprint density at radius 2 is 1.06 bits per heavy atom. The Bertz CT molecular complexity index is 1500. The SMILES string of the molecule is Bc1ccc(N(c2ccccc2)c2ccc(-c3cccc4c3-c3ccccc3C4(C)C)cc2)cc1. The minimum absolute atomic E-state index is 0.0113. The van der Waals surface area contributed by atoms with Gasteiger partial charge in [0.25, 0.3) is 0 Å². The van der Waals surface area contributed by atoms with Crippen molar-refractivity contribution in [3.8, 4) is 22.3 Å². The van der Waals surface area contributed by atoms with Gasteiger partial charge in [-0.1, -0.05) is 104 Å². The first kappa shape index (κ1) is 21.5. The zero-order chi connectivity index (χ0) is 24.0. The molecular weight excluding hydrogens is 421 g/mol. The Hall–Kier alpha value is -4.04. The third-order valence-corrected chi connectivity index (χ3v) is 7.35. The van der Waals surface area contributed by atoms with E-state index in [1.807, 2.05) is 0 Å². The molecule has 5 aromatic rings. The average Bonchev–Trinajstić information content (AvgIpc) is 3.14. The predicted molar refractivity (Wildman–Crippen MR) is 152 cm³/mol.